The van der Waals surface area contributed by atoms with Crippen LogP contribution in [-0.4, -0.2) is 35.9 Å². The average Bonchev–Trinajstić information content (AvgIpc) is 2.35. The zero-order valence-electron chi connectivity index (χ0n) is 10.2. The summed E-state index contributed by atoms with van der Waals surface area (Å²) in [5.74, 6) is -2.49. The standard InChI is InChI=1S/C11H12Cl2FNO4/c1-5(11(16)17)19-10-8(13)6(3-4-18-2)7(12)9(14)15-10/h5H,3-4H2,1-2H3,(H,16,17). The highest BCUT2D eigenvalue weighted by molar-refractivity contribution is 6.36. The third kappa shape index (κ3) is 3.92. The molecule has 19 heavy (non-hydrogen) atoms. The van der Waals surface area contributed by atoms with Crippen molar-refractivity contribution in [2.45, 2.75) is 19.4 Å². The Balaban J connectivity index is 3.12. The summed E-state index contributed by atoms with van der Waals surface area (Å²) in [4.78, 5) is 14.1. The average molecular weight is 312 g/mol. The van der Waals surface area contributed by atoms with Crippen molar-refractivity contribution < 1.29 is 23.8 Å². The van der Waals surface area contributed by atoms with Gasteiger partial charge >= 0.3 is 5.97 Å². The highest BCUT2D eigenvalue weighted by Gasteiger charge is 2.22. The molecule has 0 bridgehead atoms. The predicted octanol–water partition coefficient (Wildman–Crippen LogP) is 2.57. The molecule has 0 saturated carbocycles. The summed E-state index contributed by atoms with van der Waals surface area (Å²) in [6.07, 6.45) is -0.952. The second-order valence-electron chi connectivity index (χ2n) is 3.66. The predicted molar refractivity (Wildman–Crippen MR) is 67.5 cm³/mol. The van der Waals surface area contributed by atoms with Crippen molar-refractivity contribution in [1.82, 2.24) is 4.98 Å². The number of hydrogen-bond donors (Lipinski definition) is 1. The molecule has 1 aromatic rings. The van der Waals surface area contributed by atoms with E-state index in [2.05, 4.69) is 4.98 Å². The zero-order valence-corrected chi connectivity index (χ0v) is 11.8. The van der Waals surface area contributed by atoms with E-state index in [9.17, 15) is 9.18 Å². The highest BCUT2D eigenvalue weighted by Crippen LogP contribution is 2.34. The Bertz CT molecular complexity index is 484. The Kier molecular flexibility index (Phi) is 5.78. The van der Waals surface area contributed by atoms with Crippen LogP contribution in [0.5, 0.6) is 5.88 Å². The van der Waals surface area contributed by atoms with Crippen molar-refractivity contribution in [2.75, 3.05) is 13.7 Å². The molecule has 0 spiro atoms. The molecule has 0 aliphatic heterocycles. The van der Waals surface area contributed by atoms with Gasteiger partial charge in [-0.15, -0.1) is 0 Å². The summed E-state index contributed by atoms with van der Waals surface area (Å²) in [5.41, 5.74) is 0.269. The Labute approximate surface area is 119 Å². The van der Waals surface area contributed by atoms with Crippen LogP contribution in [-0.2, 0) is 16.0 Å². The lowest BCUT2D eigenvalue weighted by Crippen LogP contribution is -2.24. The lowest BCUT2D eigenvalue weighted by Gasteiger charge is -2.14. The van der Waals surface area contributed by atoms with Crippen LogP contribution in [0.2, 0.25) is 10.0 Å². The molecule has 8 heteroatoms. The number of carboxylic acids is 1. The topological polar surface area (TPSA) is 68.7 Å². The first-order valence-corrected chi connectivity index (χ1v) is 6.05. The number of hydrogen-bond acceptors (Lipinski definition) is 4. The van der Waals surface area contributed by atoms with Crippen molar-refractivity contribution in [3.05, 3.63) is 21.6 Å². The maximum Gasteiger partial charge on any atom is 0.344 e. The second-order valence-corrected chi connectivity index (χ2v) is 4.41. The lowest BCUT2D eigenvalue weighted by molar-refractivity contribution is -0.144. The van der Waals surface area contributed by atoms with Crippen LogP contribution in [0.15, 0.2) is 0 Å². The molecule has 1 heterocycles. The van der Waals surface area contributed by atoms with Crippen molar-refractivity contribution >= 4 is 29.2 Å². The number of rotatable bonds is 6. The van der Waals surface area contributed by atoms with E-state index in [1.807, 2.05) is 0 Å². The summed E-state index contributed by atoms with van der Waals surface area (Å²) in [5, 5.41) is 8.49. The van der Waals surface area contributed by atoms with Crippen LogP contribution in [0.1, 0.15) is 12.5 Å². The molecule has 0 aliphatic rings. The molecule has 1 N–H and O–H groups in total. The Morgan fingerprint density at radius 2 is 2.11 bits per heavy atom. The highest BCUT2D eigenvalue weighted by atomic mass is 35.5. The third-order valence-corrected chi connectivity index (χ3v) is 3.06. The first kappa shape index (κ1) is 15.9. The van der Waals surface area contributed by atoms with Crippen LogP contribution in [0.3, 0.4) is 0 Å². The van der Waals surface area contributed by atoms with Gasteiger partial charge in [0.1, 0.15) is 10.0 Å². The Hall–Kier alpha value is -1.11. The summed E-state index contributed by atoms with van der Waals surface area (Å²) < 4.78 is 23.4. The first-order valence-electron chi connectivity index (χ1n) is 5.30. The maximum absolute atomic E-state index is 13.5. The molecule has 0 aromatic carbocycles. The number of nitrogens with zero attached hydrogens (tertiary/aromatic N) is 1. The zero-order chi connectivity index (χ0) is 14.6. The van der Waals surface area contributed by atoms with E-state index in [1.54, 1.807) is 0 Å². The second kappa shape index (κ2) is 6.88. The molecule has 1 atom stereocenters. The van der Waals surface area contributed by atoms with Gasteiger partial charge in [0.05, 0.1) is 6.61 Å². The van der Waals surface area contributed by atoms with E-state index in [0.29, 0.717) is 0 Å². The van der Waals surface area contributed by atoms with E-state index in [0.717, 1.165) is 0 Å². The quantitative estimate of drug-likeness (QED) is 0.818. The van der Waals surface area contributed by atoms with Gasteiger partial charge in [-0.25, -0.2) is 4.79 Å². The maximum atomic E-state index is 13.5. The fraction of sp³-hybridized carbons (Fsp3) is 0.455. The molecular weight excluding hydrogens is 300 g/mol. The number of carboxylic acid groups (broad SMARTS) is 1. The van der Waals surface area contributed by atoms with Crippen LogP contribution in [0.25, 0.3) is 0 Å². The van der Waals surface area contributed by atoms with Crippen molar-refractivity contribution in [1.29, 1.82) is 0 Å². The molecule has 0 aliphatic carbocycles. The molecule has 1 aromatic heterocycles. The van der Waals surface area contributed by atoms with Gasteiger partial charge in [0.25, 0.3) is 0 Å². The number of halogens is 3. The molecule has 1 rings (SSSR count). The molecule has 5 nitrogen and oxygen atoms in total. The monoisotopic (exact) mass is 311 g/mol. The van der Waals surface area contributed by atoms with Gasteiger partial charge in [0.15, 0.2) is 6.10 Å². The third-order valence-electron chi connectivity index (χ3n) is 2.29. The molecule has 0 saturated heterocycles. The fourth-order valence-electron chi connectivity index (χ4n) is 1.26. The number of aliphatic carboxylic acids is 1. The molecule has 0 amide bonds. The van der Waals surface area contributed by atoms with Gasteiger partial charge in [-0.2, -0.15) is 9.37 Å². The largest absolute Gasteiger partial charge is 0.479 e. The fourth-order valence-corrected chi connectivity index (χ4v) is 1.81. The SMILES string of the molecule is COCCc1c(Cl)c(F)nc(OC(C)C(=O)O)c1Cl. The van der Waals surface area contributed by atoms with Crippen LogP contribution in [0, 0.1) is 5.95 Å². The minimum Gasteiger partial charge on any atom is -0.479 e. The Morgan fingerprint density at radius 1 is 1.47 bits per heavy atom. The van der Waals surface area contributed by atoms with Gasteiger partial charge in [0, 0.05) is 12.7 Å². The molecular formula is C11H12Cl2FNO4. The molecule has 0 fully saturated rings. The number of methoxy groups -OCH3 is 1. The first-order chi connectivity index (χ1) is 8.88. The minimum atomic E-state index is -1.22. The van der Waals surface area contributed by atoms with E-state index >= 15 is 0 Å². The minimum absolute atomic E-state index is 0.0171. The van der Waals surface area contributed by atoms with E-state index in [4.69, 9.17) is 37.8 Å². The van der Waals surface area contributed by atoms with Crippen LogP contribution >= 0.6 is 23.2 Å². The van der Waals surface area contributed by atoms with E-state index in [-0.39, 0.29) is 34.5 Å². The lowest BCUT2D eigenvalue weighted by atomic mass is 10.2. The number of pyridine rings is 1. The van der Waals surface area contributed by atoms with Gasteiger partial charge in [-0.3, -0.25) is 0 Å². The summed E-state index contributed by atoms with van der Waals surface area (Å²) in [6.45, 7) is 1.55. The smallest absolute Gasteiger partial charge is 0.344 e. The van der Waals surface area contributed by atoms with Gasteiger partial charge in [-0.1, -0.05) is 23.2 Å². The molecule has 0 radical (unpaired) electrons. The number of aromatic nitrogens is 1. The summed E-state index contributed by atoms with van der Waals surface area (Å²) >= 11 is 11.7. The number of ether oxygens (including phenoxy) is 2. The van der Waals surface area contributed by atoms with Crippen LogP contribution in [0.4, 0.5) is 4.39 Å². The van der Waals surface area contributed by atoms with Crippen molar-refractivity contribution in [3.8, 4) is 5.88 Å². The van der Waals surface area contributed by atoms with Gasteiger partial charge in [-0.05, 0) is 13.3 Å². The number of carbonyl (C=O) groups is 1. The molecule has 106 valence electrons. The molecule has 1 unspecified atom stereocenters. The normalized spacial score (nSPS) is 12.3. The summed E-state index contributed by atoms with van der Waals surface area (Å²) in [7, 11) is 1.48. The van der Waals surface area contributed by atoms with Crippen LogP contribution < -0.4 is 4.74 Å². The Morgan fingerprint density at radius 3 is 2.63 bits per heavy atom. The van der Waals surface area contributed by atoms with Crippen molar-refractivity contribution in [2.24, 2.45) is 0 Å². The summed E-state index contributed by atoms with van der Waals surface area (Å²) in [6, 6.07) is 0. The van der Waals surface area contributed by atoms with Gasteiger partial charge < -0.3 is 14.6 Å². The van der Waals surface area contributed by atoms with E-state index in [1.165, 1.54) is 14.0 Å². The van der Waals surface area contributed by atoms with Crippen molar-refractivity contribution in [3.63, 3.8) is 0 Å². The van der Waals surface area contributed by atoms with Gasteiger partial charge in [0.2, 0.25) is 11.8 Å². The van der Waals surface area contributed by atoms with E-state index < -0.39 is 18.0 Å².